The molecule has 0 radical (unpaired) electrons. The molecule has 1 aliphatic rings. The molecular weight excluding hydrogens is 434 g/mol. The number of piperidine rings is 1. The Bertz CT molecular complexity index is 1020. The number of thiophene rings is 1. The first-order valence-corrected chi connectivity index (χ1v) is 12.8. The van der Waals surface area contributed by atoms with Crippen LogP contribution in [-0.2, 0) is 14.8 Å². The summed E-state index contributed by atoms with van der Waals surface area (Å²) in [7, 11) is -3.58. The highest BCUT2D eigenvalue weighted by Crippen LogP contribution is 2.32. The van der Waals surface area contributed by atoms with Crippen molar-refractivity contribution in [3.8, 4) is 5.75 Å². The van der Waals surface area contributed by atoms with Crippen LogP contribution in [0.3, 0.4) is 0 Å². The molecule has 2 aromatic rings. The number of rotatable bonds is 9. The van der Waals surface area contributed by atoms with E-state index in [1.54, 1.807) is 24.3 Å². The molecule has 168 valence electrons. The predicted molar refractivity (Wildman–Crippen MR) is 124 cm³/mol. The summed E-state index contributed by atoms with van der Waals surface area (Å²) in [5.41, 5.74) is 0.779. The van der Waals surface area contributed by atoms with Crippen LogP contribution in [0.1, 0.15) is 50.0 Å². The topological polar surface area (TPSA) is 83.9 Å². The molecular formula is C23H29NO5S2. The Hall–Kier alpha value is -2.16. The van der Waals surface area contributed by atoms with Crippen LogP contribution in [0.4, 0.5) is 0 Å². The van der Waals surface area contributed by atoms with Crippen LogP contribution in [0.5, 0.6) is 5.75 Å². The zero-order chi connectivity index (χ0) is 22.4. The fourth-order valence-corrected chi connectivity index (χ4v) is 6.30. The quantitative estimate of drug-likeness (QED) is 0.531. The van der Waals surface area contributed by atoms with Crippen molar-refractivity contribution in [3.63, 3.8) is 0 Å². The van der Waals surface area contributed by atoms with Gasteiger partial charge < -0.3 is 9.84 Å². The third-order valence-corrected chi connectivity index (χ3v) is 8.63. The van der Waals surface area contributed by atoms with E-state index >= 15 is 0 Å². The molecule has 6 nitrogen and oxygen atoms in total. The third kappa shape index (κ3) is 6.18. The average Bonchev–Trinajstić information content (AvgIpc) is 3.24. The number of carboxylic acid groups (broad SMARTS) is 1. The van der Waals surface area contributed by atoms with Gasteiger partial charge in [-0.25, -0.2) is 13.2 Å². The van der Waals surface area contributed by atoms with Gasteiger partial charge in [-0.05, 0) is 61.1 Å². The Morgan fingerprint density at radius 1 is 1.13 bits per heavy atom. The van der Waals surface area contributed by atoms with Gasteiger partial charge in [0.2, 0.25) is 0 Å². The van der Waals surface area contributed by atoms with Crippen LogP contribution in [0.2, 0.25) is 0 Å². The summed E-state index contributed by atoms with van der Waals surface area (Å²) in [6, 6.07) is 10.3. The van der Waals surface area contributed by atoms with Gasteiger partial charge in [-0.3, -0.25) is 0 Å². The third-order valence-electron chi connectivity index (χ3n) is 5.14. The first-order valence-electron chi connectivity index (χ1n) is 10.6. The van der Waals surface area contributed by atoms with E-state index < -0.39 is 16.0 Å². The van der Waals surface area contributed by atoms with Crippen molar-refractivity contribution in [2.45, 2.75) is 43.7 Å². The van der Waals surface area contributed by atoms with Gasteiger partial charge in [-0.15, -0.1) is 11.3 Å². The molecule has 0 unspecified atom stereocenters. The average molecular weight is 464 g/mol. The molecule has 0 atom stereocenters. The van der Waals surface area contributed by atoms with Crippen LogP contribution < -0.4 is 4.74 Å². The first kappa shape index (κ1) is 23.5. The van der Waals surface area contributed by atoms with Crippen LogP contribution in [0.15, 0.2) is 40.6 Å². The molecule has 0 aliphatic carbocycles. The summed E-state index contributed by atoms with van der Waals surface area (Å²) >= 11 is 1.00. The summed E-state index contributed by atoms with van der Waals surface area (Å²) in [6.45, 7) is 5.94. The van der Waals surface area contributed by atoms with E-state index in [9.17, 15) is 18.3 Å². The number of sulfonamides is 1. The minimum Gasteiger partial charge on any atom is -0.494 e. The van der Waals surface area contributed by atoms with Crippen LogP contribution in [0, 0.1) is 5.92 Å². The number of hydrogen-bond acceptors (Lipinski definition) is 5. The number of aliphatic carboxylic acids is 1. The van der Waals surface area contributed by atoms with Crippen molar-refractivity contribution >= 4 is 39.0 Å². The Kier molecular flexibility index (Phi) is 7.91. The Morgan fingerprint density at radius 2 is 1.81 bits per heavy atom. The Labute approximate surface area is 188 Å². The second-order valence-electron chi connectivity index (χ2n) is 8.05. The SMILES string of the molecule is CC(C)CCOc1ccc(C=C(C(=O)O)c2ccc(S(=O)(=O)N3CCCCC3)s2)cc1. The van der Waals surface area contributed by atoms with Crippen molar-refractivity contribution in [1.29, 1.82) is 0 Å². The number of nitrogens with zero attached hydrogens (tertiary/aromatic N) is 1. The molecule has 0 bridgehead atoms. The van der Waals surface area contributed by atoms with Crippen molar-refractivity contribution in [2.75, 3.05) is 19.7 Å². The predicted octanol–water partition coefficient (Wildman–Crippen LogP) is 4.97. The monoisotopic (exact) mass is 463 g/mol. The van der Waals surface area contributed by atoms with Crippen molar-refractivity contribution < 1.29 is 23.1 Å². The maximum atomic E-state index is 12.9. The molecule has 0 amide bonds. The van der Waals surface area contributed by atoms with E-state index in [4.69, 9.17) is 4.74 Å². The highest BCUT2D eigenvalue weighted by atomic mass is 32.2. The Balaban J connectivity index is 1.78. The lowest BCUT2D eigenvalue weighted by Crippen LogP contribution is -2.35. The minimum absolute atomic E-state index is 0.0681. The molecule has 1 aromatic heterocycles. The number of carbonyl (C=O) groups is 1. The molecule has 3 rings (SSSR count). The fraction of sp³-hybridized carbons (Fsp3) is 0.435. The van der Waals surface area contributed by atoms with Gasteiger partial charge in [0, 0.05) is 18.0 Å². The van der Waals surface area contributed by atoms with E-state index in [0.29, 0.717) is 36.1 Å². The highest BCUT2D eigenvalue weighted by Gasteiger charge is 2.28. The van der Waals surface area contributed by atoms with Crippen molar-refractivity contribution in [1.82, 2.24) is 4.31 Å². The van der Waals surface area contributed by atoms with Gasteiger partial charge in [0.05, 0.1) is 12.2 Å². The van der Waals surface area contributed by atoms with E-state index in [1.807, 2.05) is 12.1 Å². The molecule has 1 N–H and O–H groups in total. The molecule has 0 spiro atoms. The standard InChI is InChI=1S/C23H29NO5S2/c1-17(2)12-15-29-19-8-6-18(7-9-19)16-20(23(25)26)21-10-11-22(30-21)31(27,28)24-13-4-3-5-14-24/h6-11,16-17H,3-5,12-15H2,1-2H3,(H,25,26). The summed E-state index contributed by atoms with van der Waals surface area (Å²) in [6.07, 6.45) is 5.27. The number of carboxylic acids is 1. The highest BCUT2D eigenvalue weighted by molar-refractivity contribution is 7.91. The van der Waals surface area contributed by atoms with E-state index in [1.165, 1.54) is 10.4 Å². The zero-order valence-electron chi connectivity index (χ0n) is 17.9. The lowest BCUT2D eigenvalue weighted by Gasteiger charge is -2.25. The molecule has 1 saturated heterocycles. The fourth-order valence-electron chi connectivity index (χ4n) is 3.31. The summed E-state index contributed by atoms with van der Waals surface area (Å²) in [5, 5.41) is 9.73. The summed E-state index contributed by atoms with van der Waals surface area (Å²) in [5.74, 6) is 0.205. The summed E-state index contributed by atoms with van der Waals surface area (Å²) < 4.78 is 33.1. The molecule has 2 heterocycles. The van der Waals surface area contributed by atoms with Gasteiger partial charge in [-0.2, -0.15) is 4.31 Å². The minimum atomic E-state index is -3.58. The van der Waals surface area contributed by atoms with Gasteiger partial charge in [0.15, 0.2) is 0 Å². The second-order valence-corrected chi connectivity index (χ2v) is 11.3. The molecule has 1 aromatic carbocycles. The largest absolute Gasteiger partial charge is 0.494 e. The molecule has 8 heteroatoms. The van der Waals surface area contributed by atoms with Gasteiger partial charge >= 0.3 is 5.97 Å². The second kappa shape index (κ2) is 10.4. The molecule has 31 heavy (non-hydrogen) atoms. The number of hydrogen-bond donors (Lipinski definition) is 1. The van der Waals surface area contributed by atoms with Crippen LogP contribution in [0.25, 0.3) is 11.6 Å². The van der Waals surface area contributed by atoms with Gasteiger partial charge in [0.1, 0.15) is 9.96 Å². The smallest absolute Gasteiger partial charge is 0.337 e. The lowest BCUT2D eigenvalue weighted by molar-refractivity contribution is -0.130. The molecule has 1 aliphatic heterocycles. The lowest BCUT2D eigenvalue weighted by atomic mass is 10.1. The zero-order valence-corrected chi connectivity index (χ0v) is 19.5. The summed E-state index contributed by atoms with van der Waals surface area (Å²) in [4.78, 5) is 12.3. The normalized spacial score (nSPS) is 15.9. The van der Waals surface area contributed by atoms with Crippen molar-refractivity contribution in [3.05, 3.63) is 46.8 Å². The van der Waals surface area contributed by atoms with Crippen LogP contribution >= 0.6 is 11.3 Å². The maximum Gasteiger partial charge on any atom is 0.337 e. The van der Waals surface area contributed by atoms with Crippen molar-refractivity contribution in [2.24, 2.45) is 5.92 Å². The number of ether oxygens (including phenoxy) is 1. The first-order chi connectivity index (χ1) is 14.8. The van der Waals surface area contributed by atoms with Crippen LogP contribution in [-0.4, -0.2) is 43.5 Å². The number of benzene rings is 1. The van der Waals surface area contributed by atoms with Gasteiger partial charge in [-0.1, -0.05) is 32.4 Å². The van der Waals surface area contributed by atoms with E-state index in [0.717, 1.165) is 42.8 Å². The van der Waals surface area contributed by atoms with Gasteiger partial charge in [0.25, 0.3) is 10.0 Å². The molecule has 1 fully saturated rings. The maximum absolute atomic E-state index is 12.9. The van der Waals surface area contributed by atoms with E-state index in [-0.39, 0.29) is 9.78 Å². The molecule has 0 saturated carbocycles. The van der Waals surface area contributed by atoms with E-state index in [2.05, 4.69) is 13.8 Å². The Morgan fingerprint density at radius 3 is 2.42 bits per heavy atom.